The van der Waals surface area contributed by atoms with Gasteiger partial charge < -0.3 is 14.8 Å². The van der Waals surface area contributed by atoms with Crippen molar-refractivity contribution in [2.75, 3.05) is 19.0 Å². The number of methoxy groups -OCH3 is 1. The number of anilines is 1. The van der Waals surface area contributed by atoms with Crippen LogP contribution in [0, 0.1) is 0 Å². The van der Waals surface area contributed by atoms with Crippen LogP contribution >= 0.6 is 23.7 Å². The Bertz CT molecular complexity index is 995. The van der Waals surface area contributed by atoms with Gasteiger partial charge >= 0.3 is 0 Å². The molecular formula is C20H21ClN4O3S. The second-order valence-electron chi connectivity index (χ2n) is 6.30. The molecule has 0 aliphatic carbocycles. The fourth-order valence-electron chi connectivity index (χ4n) is 3.03. The maximum Gasteiger partial charge on any atom is 0.257 e. The molecule has 9 heteroatoms. The Hall–Kier alpha value is -2.68. The first-order chi connectivity index (χ1) is 13.7. The number of para-hydroxylation sites is 2. The van der Waals surface area contributed by atoms with Crippen LogP contribution in [0.4, 0.5) is 5.13 Å². The molecular weight excluding hydrogens is 412 g/mol. The number of aromatic nitrogens is 2. The summed E-state index contributed by atoms with van der Waals surface area (Å²) in [5.41, 5.74) is 3.09. The highest BCUT2D eigenvalue weighted by Crippen LogP contribution is 2.27. The van der Waals surface area contributed by atoms with Crippen LogP contribution in [0.15, 0.2) is 42.5 Å². The first-order valence-electron chi connectivity index (χ1n) is 8.95. The Morgan fingerprint density at radius 1 is 1.17 bits per heavy atom. The summed E-state index contributed by atoms with van der Waals surface area (Å²) in [6, 6.07) is 13.2. The molecule has 2 aromatic carbocycles. The largest absolute Gasteiger partial charge is 0.493 e. The number of amides is 1. The van der Waals surface area contributed by atoms with Gasteiger partial charge in [-0.1, -0.05) is 29.5 Å². The van der Waals surface area contributed by atoms with Crippen LogP contribution < -0.4 is 20.1 Å². The van der Waals surface area contributed by atoms with Crippen LogP contribution in [-0.4, -0.2) is 29.8 Å². The minimum atomic E-state index is -0.185. The second kappa shape index (κ2) is 9.69. The van der Waals surface area contributed by atoms with Crippen LogP contribution in [0.25, 0.3) is 0 Å². The Labute approximate surface area is 178 Å². The number of ether oxygens (including phenoxy) is 2. The van der Waals surface area contributed by atoms with Gasteiger partial charge in [-0.25, -0.2) is 0 Å². The molecule has 29 heavy (non-hydrogen) atoms. The number of nitrogens with zero attached hydrogens (tertiary/aromatic N) is 2. The molecule has 0 saturated carbocycles. The van der Waals surface area contributed by atoms with E-state index in [0.29, 0.717) is 27.2 Å². The number of nitrogens with one attached hydrogen (secondary N) is 2. The molecule has 0 saturated heterocycles. The lowest BCUT2D eigenvalue weighted by molar-refractivity contribution is 0.102. The van der Waals surface area contributed by atoms with E-state index >= 15 is 0 Å². The average molecular weight is 433 g/mol. The van der Waals surface area contributed by atoms with E-state index in [-0.39, 0.29) is 24.9 Å². The lowest BCUT2D eigenvalue weighted by atomic mass is 9.98. The molecule has 0 radical (unpaired) electrons. The summed E-state index contributed by atoms with van der Waals surface area (Å²) in [4.78, 5) is 12.5. The number of hydrogen-bond acceptors (Lipinski definition) is 7. The Kier molecular flexibility index (Phi) is 7.03. The third kappa shape index (κ3) is 5.03. The van der Waals surface area contributed by atoms with Gasteiger partial charge in [0.15, 0.2) is 16.5 Å². The predicted molar refractivity (Wildman–Crippen MR) is 114 cm³/mol. The lowest BCUT2D eigenvalue weighted by Gasteiger charge is -2.17. The zero-order valence-electron chi connectivity index (χ0n) is 15.8. The number of carbonyl (C=O) groups is 1. The smallest absolute Gasteiger partial charge is 0.257 e. The SMILES string of the molecule is COc1ccccc1OCc1nnc(NC(=O)c2ccc3c(c2)CCNC3)s1.Cl. The summed E-state index contributed by atoms with van der Waals surface area (Å²) < 4.78 is 11.0. The standard InChI is InChI=1S/C20H20N4O3S.ClH/c1-26-16-4-2-3-5-17(16)27-12-18-23-24-20(28-18)22-19(25)14-6-7-15-11-21-9-8-13(15)10-14;/h2-7,10,21H,8-9,11-12H2,1H3,(H,22,24,25);1H. The number of halogens is 1. The zero-order valence-corrected chi connectivity index (χ0v) is 17.4. The highest BCUT2D eigenvalue weighted by Gasteiger charge is 2.15. The molecule has 0 spiro atoms. The van der Waals surface area contributed by atoms with Gasteiger partial charge in [-0.2, -0.15) is 0 Å². The average Bonchev–Trinajstić information content (AvgIpc) is 3.19. The van der Waals surface area contributed by atoms with E-state index in [1.165, 1.54) is 22.5 Å². The molecule has 2 N–H and O–H groups in total. The maximum atomic E-state index is 12.5. The van der Waals surface area contributed by atoms with Gasteiger partial charge in [-0.3, -0.25) is 10.1 Å². The zero-order chi connectivity index (χ0) is 19.3. The number of hydrogen-bond donors (Lipinski definition) is 2. The molecule has 3 aromatic rings. The third-order valence-corrected chi connectivity index (χ3v) is 5.27. The molecule has 0 atom stereocenters. The molecule has 1 amide bonds. The lowest BCUT2D eigenvalue weighted by Crippen LogP contribution is -2.24. The van der Waals surface area contributed by atoms with Crippen molar-refractivity contribution in [3.05, 3.63) is 64.2 Å². The van der Waals surface area contributed by atoms with E-state index in [1.807, 2.05) is 42.5 Å². The van der Waals surface area contributed by atoms with Gasteiger partial charge in [0.1, 0.15) is 6.61 Å². The van der Waals surface area contributed by atoms with Gasteiger partial charge in [0.25, 0.3) is 5.91 Å². The van der Waals surface area contributed by atoms with Crippen molar-refractivity contribution in [1.82, 2.24) is 15.5 Å². The highest BCUT2D eigenvalue weighted by atomic mass is 35.5. The van der Waals surface area contributed by atoms with Crippen molar-refractivity contribution in [3.8, 4) is 11.5 Å². The normalized spacial score (nSPS) is 12.4. The number of carbonyl (C=O) groups excluding carboxylic acids is 1. The fraction of sp³-hybridized carbons (Fsp3) is 0.250. The molecule has 2 heterocycles. The molecule has 1 aliphatic heterocycles. The van der Waals surface area contributed by atoms with Gasteiger partial charge in [-0.15, -0.1) is 22.6 Å². The van der Waals surface area contributed by atoms with Crippen molar-refractivity contribution < 1.29 is 14.3 Å². The first-order valence-corrected chi connectivity index (χ1v) is 9.76. The minimum Gasteiger partial charge on any atom is -0.493 e. The third-order valence-electron chi connectivity index (χ3n) is 4.46. The summed E-state index contributed by atoms with van der Waals surface area (Å²) in [7, 11) is 1.60. The van der Waals surface area contributed by atoms with Crippen LogP contribution in [0.1, 0.15) is 26.5 Å². The van der Waals surface area contributed by atoms with Crippen molar-refractivity contribution >= 4 is 34.8 Å². The molecule has 1 aliphatic rings. The summed E-state index contributed by atoms with van der Waals surface area (Å²) >= 11 is 1.29. The fourth-order valence-corrected chi connectivity index (χ4v) is 3.68. The van der Waals surface area contributed by atoms with Crippen molar-refractivity contribution in [2.24, 2.45) is 0 Å². The molecule has 4 rings (SSSR count). The molecule has 152 valence electrons. The minimum absolute atomic E-state index is 0. The number of fused-ring (bicyclic) bond motifs is 1. The predicted octanol–water partition coefficient (Wildman–Crippen LogP) is 3.45. The van der Waals surface area contributed by atoms with E-state index in [9.17, 15) is 4.79 Å². The summed E-state index contributed by atoms with van der Waals surface area (Å²) in [6.07, 6.45) is 0.930. The van der Waals surface area contributed by atoms with Crippen molar-refractivity contribution in [2.45, 2.75) is 19.6 Å². The van der Waals surface area contributed by atoms with Gasteiger partial charge in [-0.05, 0) is 48.4 Å². The molecule has 0 unspecified atom stereocenters. The topological polar surface area (TPSA) is 85.4 Å². The maximum absolute atomic E-state index is 12.5. The molecule has 1 aromatic heterocycles. The Morgan fingerprint density at radius 3 is 2.83 bits per heavy atom. The highest BCUT2D eigenvalue weighted by molar-refractivity contribution is 7.15. The van der Waals surface area contributed by atoms with Crippen LogP contribution in [0.3, 0.4) is 0 Å². The van der Waals surface area contributed by atoms with Gasteiger partial charge in [0.2, 0.25) is 5.13 Å². The van der Waals surface area contributed by atoms with Crippen LogP contribution in [0.2, 0.25) is 0 Å². The number of benzene rings is 2. The van der Waals surface area contributed by atoms with E-state index in [0.717, 1.165) is 19.5 Å². The Morgan fingerprint density at radius 2 is 2.00 bits per heavy atom. The first kappa shape index (κ1) is 21.0. The van der Waals surface area contributed by atoms with E-state index in [2.05, 4.69) is 20.8 Å². The quantitative estimate of drug-likeness (QED) is 0.620. The summed E-state index contributed by atoms with van der Waals surface area (Å²) in [5, 5.41) is 15.4. The second-order valence-corrected chi connectivity index (χ2v) is 7.37. The summed E-state index contributed by atoms with van der Waals surface area (Å²) in [6.45, 7) is 2.03. The molecule has 7 nitrogen and oxygen atoms in total. The van der Waals surface area contributed by atoms with Crippen molar-refractivity contribution in [3.63, 3.8) is 0 Å². The van der Waals surface area contributed by atoms with Crippen molar-refractivity contribution in [1.29, 1.82) is 0 Å². The van der Waals surface area contributed by atoms with Gasteiger partial charge in [0, 0.05) is 12.1 Å². The van der Waals surface area contributed by atoms with E-state index < -0.39 is 0 Å². The molecule has 0 fully saturated rings. The molecule has 0 bridgehead atoms. The van der Waals surface area contributed by atoms with Crippen LogP contribution in [0.5, 0.6) is 11.5 Å². The van der Waals surface area contributed by atoms with Crippen LogP contribution in [-0.2, 0) is 19.6 Å². The van der Waals surface area contributed by atoms with E-state index in [4.69, 9.17) is 9.47 Å². The monoisotopic (exact) mass is 432 g/mol. The van der Waals surface area contributed by atoms with E-state index in [1.54, 1.807) is 7.11 Å². The Balaban J connectivity index is 0.00000240. The van der Waals surface area contributed by atoms with Gasteiger partial charge in [0.05, 0.1) is 7.11 Å². The number of rotatable bonds is 6. The summed E-state index contributed by atoms with van der Waals surface area (Å²) in [5.74, 6) is 1.10.